The molecule has 4 saturated carbocycles. The zero-order chi connectivity index (χ0) is 20.2. The first kappa shape index (κ1) is 19.5. The average molecular weight is 460 g/mol. The fourth-order valence-corrected chi connectivity index (χ4v) is 8.41. The molecule has 3 unspecified atom stereocenters. The van der Waals surface area contributed by atoms with Crippen molar-refractivity contribution in [3.63, 3.8) is 0 Å². The Labute approximate surface area is 181 Å². The van der Waals surface area contributed by atoms with Crippen molar-refractivity contribution in [2.45, 2.75) is 62.6 Å². The van der Waals surface area contributed by atoms with E-state index in [1.54, 1.807) is 0 Å². The Morgan fingerprint density at radius 3 is 2.66 bits per heavy atom. The lowest BCUT2D eigenvalue weighted by Crippen LogP contribution is -2.60. The molecule has 0 spiro atoms. The van der Waals surface area contributed by atoms with Crippen LogP contribution in [-0.4, -0.2) is 39.1 Å². The van der Waals surface area contributed by atoms with E-state index in [0.29, 0.717) is 30.1 Å². The van der Waals surface area contributed by atoms with Crippen molar-refractivity contribution in [1.82, 2.24) is 9.88 Å². The summed E-state index contributed by atoms with van der Waals surface area (Å²) in [4.78, 5) is 33.0. The maximum Gasteiger partial charge on any atom is 0.230 e. The number of likely N-dealkylation sites (tertiary alicyclic amines) is 1. The molecule has 156 valence electrons. The summed E-state index contributed by atoms with van der Waals surface area (Å²) >= 11 is 4.02. The fourth-order valence-electron chi connectivity index (χ4n) is 6.95. The first-order valence-corrected chi connectivity index (χ1v) is 11.9. The number of nitrogens with one attached hydrogen (secondary N) is 1. The van der Waals surface area contributed by atoms with Gasteiger partial charge >= 0.3 is 0 Å². The molecule has 5 nitrogen and oxygen atoms in total. The summed E-state index contributed by atoms with van der Waals surface area (Å²) in [7, 11) is 0. The lowest BCUT2D eigenvalue weighted by atomic mass is 9.49. The molecule has 1 saturated heterocycles. The van der Waals surface area contributed by atoms with E-state index in [9.17, 15) is 9.59 Å². The first-order valence-electron chi connectivity index (χ1n) is 11.1. The number of pyridine rings is 1. The van der Waals surface area contributed by atoms with E-state index in [1.165, 1.54) is 19.3 Å². The number of hydrogen-bond acceptors (Lipinski definition) is 3. The molecule has 1 N–H and O–H groups in total. The van der Waals surface area contributed by atoms with Crippen LogP contribution >= 0.6 is 15.9 Å². The molecule has 6 rings (SSSR count). The molecule has 3 atom stereocenters. The van der Waals surface area contributed by atoms with Gasteiger partial charge in [0.25, 0.3) is 0 Å². The minimum atomic E-state index is -0.190. The van der Waals surface area contributed by atoms with Gasteiger partial charge in [-0.05, 0) is 82.3 Å². The van der Waals surface area contributed by atoms with E-state index in [2.05, 4.69) is 26.2 Å². The van der Waals surface area contributed by atoms with E-state index in [4.69, 9.17) is 0 Å². The van der Waals surface area contributed by atoms with Gasteiger partial charge in [-0.1, -0.05) is 22.0 Å². The molecule has 5 aliphatic rings. The lowest BCUT2D eigenvalue weighted by molar-refractivity contribution is -0.157. The molecular weight excluding hydrogens is 430 g/mol. The maximum atomic E-state index is 13.7. The van der Waals surface area contributed by atoms with Crippen LogP contribution in [0.5, 0.6) is 0 Å². The van der Waals surface area contributed by atoms with E-state index in [1.807, 2.05) is 30.0 Å². The molecule has 4 aliphatic carbocycles. The summed E-state index contributed by atoms with van der Waals surface area (Å²) in [5, 5.41) is 2.96. The average Bonchev–Trinajstić information content (AvgIpc) is 2.65. The van der Waals surface area contributed by atoms with Gasteiger partial charge in [-0.15, -0.1) is 0 Å². The molecule has 1 aromatic rings. The molecule has 2 amide bonds. The number of nitrogens with zero attached hydrogens (tertiary/aromatic N) is 2. The second-order valence-electron chi connectivity index (χ2n) is 10.1. The van der Waals surface area contributed by atoms with E-state index < -0.39 is 0 Å². The van der Waals surface area contributed by atoms with Crippen molar-refractivity contribution in [3.8, 4) is 0 Å². The molecule has 29 heavy (non-hydrogen) atoms. The number of alkyl halides is 1. The molecular formula is C23H30BrN3O2. The van der Waals surface area contributed by atoms with E-state index >= 15 is 0 Å². The van der Waals surface area contributed by atoms with Gasteiger partial charge in [-0.2, -0.15) is 0 Å². The van der Waals surface area contributed by atoms with Crippen molar-refractivity contribution < 1.29 is 9.59 Å². The third-order valence-electron chi connectivity index (χ3n) is 7.66. The molecule has 2 heterocycles. The van der Waals surface area contributed by atoms with Gasteiger partial charge in [0.05, 0.1) is 11.3 Å². The van der Waals surface area contributed by atoms with Gasteiger partial charge < -0.3 is 10.2 Å². The van der Waals surface area contributed by atoms with Crippen LogP contribution in [-0.2, 0) is 9.59 Å². The SMILES string of the molecule is Cc1cccc(NC(=O)C2CCCN(C(=O)C34CC5CC(CC(Br)(C5)C3)C4)C2)n1. The highest BCUT2D eigenvalue weighted by Gasteiger charge is 2.60. The van der Waals surface area contributed by atoms with Crippen LogP contribution in [0.25, 0.3) is 0 Å². The van der Waals surface area contributed by atoms with Crippen LogP contribution in [0.3, 0.4) is 0 Å². The molecule has 0 radical (unpaired) electrons. The summed E-state index contributed by atoms with van der Waals surface area (Å²) in [6.07, 6.45) is 8.57. The van der Waals surface area contributed by atoms with E-state index in [-0.39, 0.29) is 21.6 Å². The summed E-state index contributed by atoms with van der Waals surface area (Å²) in [5.41, 5.74) is 0.693. The largest absolute Gasteiger partial charge is 0.341 e. The highest BCUT2D eigenvalue weighted by Crippen LogP contribution is 2.64. The molecule has 6 heteroatoms. The summed E-state index contributed by atoms with van der Waals surface area (Å²) in [6, 6.07) is 5.64. The number of carbonyl (C=O) groups is 2. The predicted molar refractivity (Wildman–Crippen MR) is 116 cm³/mol. The van der Waals surface area contributed by atoms with Crippen LogP contribution in [0.4, 0.5) is 5.82 Å². The fraction of sp³-hybridized carbons (Fsp3) is 0.696. The number of hydrogen-bond donors (Lipinski definition) is 1. The van der Waals surface area contributed by atoms with Crippen LogP contribution in [0, 0.1) is 30.1 Å². The zero-order valence-electron chi connectivity index (χ0n) is 17.1. The first-order chi connectivity index (χ1) is 13.8. The smallest absolute Gasteiger partial charge is 0.230 e. The second kappa shape index (κ2) is 7.07. The topological polar surface area (TPSA) is 62.3 Å². The summed E-state index contributed by atoms with van der Waals surface area (Å²) in [6.45, 7) is 3.25. The van der Waals surface area contributed by atoms with Crippen LogP contribution < -0.4 is 5.32 Å². The predicted octanol–water partition coefficient (Wildman–Crippen LogP) is 4.30. The zero-order valence-corrected chi connectivity index (χ0v) is 18.7. The van der Waals surface area contributed by atoms with Crippen molar-refractivity contribution >= 4 is 33.6 Å². The van der Waals surface area contributed by atoms with Gasteiger partial charge in [0.15, 0.2) is 0 Å². The third kappa shape index (κ3) is 3.62. The number of anilines is 1. The van der Waals surface area contributed by atoms with Crippen molar-refractivity contribution in [2.75, 3.05) is 18.4 Å². The Bertz CT molecular complexity index is 827. The normalized spacial score (nSPS) is 38.1. The van der Waals surface area contributed by atoms with Crippen molar-refractivity contribution in [3.05, 3.63) is 23.9 Å². The Kier molecular flexibility index (Phi) is 4.76. The number of piperidine rings is 1. The minimum Gasteiger partial charge on any atom is -0.341 e. The minimum absolute atomic E-state index is 0.0110. The van der Waals surface area contributed by atoms with Crippen LogP contribution in [0.15, 0.2) is 18.2 Å². The number of amides is 2. The number of aromatic nitrogens is 1. The molecule has 0 aromatic carbocycles. The van der Waals surface area contributed by atoms with Crippen LogP contribution in [0.2, 0.25) is 0 Å². The highest BCUT2D eigenvalue weighted by atomic mass is 79.9. The van der Waals surface area contributed by atoms with Crippen molar-refractivity contribution in [2.24, 2.45) is 23.2 Å². The number of halogens is 1. The quantitative estimate of drug-likeness (QED) is 0.685. The number of aryl methyl sites for hydroxylation is 1. The second-order valence-corrected chi connectivity index (χ2v) is 11.8. The molecule has 5 fully saturated rings. The molecule has 1 aliphatic heterocycles. The standard InChI is InChI=1S/C23H30BrN3O2/c1-15-4-2-6-19(25-15)26-20(28)18-5-3-7-27(13-18)21(29)22-9-16-8-17(10-22)12-23(24,11-16)14-22/h2,4,6,16-18H,3,5,7-14H2,1H3,(H,25,26,28). The molecule has 1 aromatic heterocycles. The Balaban J connectivity index is 1.28. The maximum absolute atomic E-state index is 13.7. The van der Waals surface area contributed by atoms with Gasteiger partial charge in [-0.25, -0.2) is 4.98 Å². The van der Waals surface area contributed by atoms with Gasteiger partial charge in [0.1, 0.15) is 5.82 Å². The highest BCUT2D eigenvalue weighted by molar-refractivity contribution is 9.10. The van der Waals surface area contributed by atoms with E-state index in [0.717, 1.165) is 44.3 Å². The van der Waals surface area contributed by atoms with Crippen LogP contribution in [0.1, 0.15) is 57.1 Å². The Morgan fingerprint density at radius 1 is 1.21 bits per heavy atom. The van der Waals surface area contributed by atoms with Gasteiger partial charge in [-0.3, -0.25) is 9.59 Å². The third-order valence-corrected chi connectivity index (χ3v) is 8.59. The monoisotopic (exact) mass is 459 g/mol. The summed E-state index contributed by atoms with van der Waals surface area (Å²) < 4.78 is 0.177. The Morgan fingerprint density at radius 2 is 1.97 bits per heavy atom. The lowest BCUT2D eigenvalue weighted by Gasteiger charge is -2.60. The molecule has 4 bridgehead atoms. The Hall–Kier alpha value is -1.43. The van der Waals surface area contributed by atoms with Gasteiger partial charge in [0.2, 0.25) is 11.8 Å². The summed E-state index contributed by atoms with van der Waals surface area (Å²) in [5.74, 6) is 2.14. The van der Waals surface area contributed by atoms with Gasteiger partial charge in [0, 0.05) is 23.1 Å². The number of rotatable bonds is 3. The number of carbonyl (C=O) groups excluding carboxylic acids is 2. The van der Waals surface area contributed by atoms with Crippen molar-refractivity contribution in [1.29, 1.82) is 0 Å².